The maximum Gasteiger partial charge on any atom is 0.338 e. The second kappa shape index (κ2) is 4.53. The Kier molecular flexibility index (Phi) is 3.10. The maximum absolute atomic E-state index is 11.3. The van der Waals surface area contributed by atoms with Gasteiger partial charge in [0.2, 0.25) is 0 Å². The average Bonchev–Trinajstić information content (AvgIpc) is 3.09. The van der Waals surface area contributed by atoms with Gasteiger partial charge in [-0.05, 0) is 24.6 Å². The summed E-state index contributed by atoms with van der Waals surface area (Å²) in [5.74, 6) is 0.500. The van der Waals surface area contributed by atoms with Crippen LogP contribution in [0.2, 0.25) is 0 Å². The fourth-order valence-electron chi connectivity index (χ4n) is 1.56. The molecular formula is C12H14O4. The third-order valence-electron chi connectivity index (χ3n) is 2.45. The van der Waals surface area contributed by atoms with Crippen molar-refractivity contribution in [2.75, 3.05) is 13.7 Å². The summed E-state index contributed by atoms with van der Waals surface area (Å²) in [5, 5.41) is 0. The Bertz CT molecular complexity index is 371. The van der Waals surface area contributed by atoms with Crippen LogP contribution in [-0.2, 0) is 14.3 Å². The van der Waals surface area contributed by atoms with Gasteiger partial charge in [0.05, 0.1) is 13.7 Å². The molecule has 0 amide bonds. The fourth-order valence-corrected chi connectivity index (χ4v) is 1.56. The van der Waals surface area contributed by atoms with E-state index in [0.29, 0.717) is 6.61 Å². The van der Waals surface area contributed by atoms with Crippen molar-refractivity contribution in [3.05, 3.63) is 29.8 Å². The molecule has 2 rings (SSSR count). The van der Waals surface area contributed by atoms with Crippen molar-refractivity contribution < 1.29 is 19.0 Å². The second-order valence-electron chi connectivity index (χ2n) is 3.50. The molecule has 0 aromatic heterocycles. The van der Waals surface area contributed by atoms with Crippen LogP contribution in [0.5, 0.6) is 5.75 Å². The zero-order valence-electron chi connectivity index (χ0n) is 9.30. The molecule has 0 bridgehead atoms. The Hall–Kier alpha value is -1.55. The average molecular weight is 222 g/mol. The third-order valence-corrected chi connectivity index (χ3v) is 2.45. The molecule has 1 aliphatic heterocycles. The molecule has 1 aromatic carbocycles. The lowest BCUT2D eigenvalue weighted by molar-refractivity contribution is -0.144. The van der Waals surface area contributed by atoms with E-state index in [9.17, 15) is 4.79 Å². The summed E-state index contributed by atoms with van der Waals surface area (Å²) in [6.45, 7) is 2.16. The first kappa shape index (κ1) is 11.0. The highest BCUT2D eigenvalue weighted by molar-refractivity contribution is 5.78. The van der Waals surface area contributed by atoms with Gasteiger partial charge in [0.15, 0.2) is 6.10 Å². The molecule has 0 aliphatic carbocycles. The molecule has 2 unspecified atom stereocenters. The summed E-state index contributed by atoms with van der Waals surface area (Å²) < 4.78 is 15.2. The summed E-state index contributed by atoms with van der Waals surface area (Å²) in [4.78, 5) is 11.3. The second-order valence-corrected chi connectivity index (χ2v) is 3.50. The van der Waals surface area contributed by atoms with E-state index in [1.807, 2.05) is 24.3 Å². The van der Waals surface area contributed by atoms with Crippen LogP contribution in [0, 0.1) is 0 Å². The number of ether oxygens (including phenoxy) is 3. The lowest BCUT2D eigenvalue weighted by Crippen LogP contribution is -2.11. The van der Waals surface area contributed by atoms with Gasteiger partial charge in [-0.3, -0.25) is 0 Å². The Labute approximate surface area is 94.1 Å². The fraction of sp³-hybridized carbons (Fsp3) is 0.417. The summed E-state index contributed by atoms with van der Waals surface area (Å²) in [5.41, 5.74) is 0.971. The molecular weight excluding hydrogens is 208 g/mol. The molecule has 1 aromatic rings. The van der Waals surface area contributed by atoms with Crippen molar-refractivity contribution in [3.8, 4) is 5.75 Å². The molecule has 16 heavy (non-hydrogen) atoms. The van der Waals surface area contributed by atoms with Crippen LogP contribution in [0.4, 0.5) is 0 Å². The predicted molar refractivity (Wildman–Crippen MR) is 57.2 cm³/mol. The first-order chi connectivity index (χ1) is 7.76. The Morgan fingerprint density at radius 1 is 1.38 bits per heavy atom. The van der Waals surface area contributed by atoms with E-state index < -0.39 is 6.10 Å². The van der Waals surface area contributed by atoms with Gasteiger partial charge in [-0.25, -0.2) is 4.79 Å². The Balaban J connectivity index is 1.97. The number of epoxide rings is 1. The molecule has 0 saturated carbocycles. The molecule has 1 aliphatic rings. The molecule has 1 heterocycles. The van der Waals surface area contributed by atoms with E-state index in [2.05, 4.69) is 0 Å². The van der Waals surface area contributed by atoms with Gasteiger partial charge in [0, 0.05) is 0 Å². The number of methoxy groups -OCH3 is 1. The van der Waals surface area contributed by atoms with E-state index in [1.54, 1.807) is 14.0 Å². The number of esters is 1. The molecule has 4 heteroatoms. The van der Waals surface area contributed by atoms with E-state index in [4.69, 9.17) is 14.2 Å². The van der Waals surface area contributed by atoms with Gasteiger partial charge in [0.1, 0.15) is 11.9 Å². The molecule has 0 radical (unpaired) electrons. The number of carbonyl (C=O) groups is 1. The topological polar surface area (TPSA) is 48.1 Å². The van der Waals surface area contributed by atoms with Crippen molar-refractivity contribution in [2.24, 2.45) is 0 Å². The van der Waals surface area contributed by atoms with Crippen LogP contribution in [-0.4, -0.2) is 25.8 Å². The minimum atomic E-state index is -0.437. The van der Waals surface area contributed by atoms with E-state index in [-0.39, 0.29) is 12.1 Å². The molecule has 86 valence electrons. The van der Waals surface area contributed by atoms with Crippen LogP contribution in [0.25, 0.3) is 0 Å². The Morgan fingerprint density at radius 3 is 2.62 bits per heavy atom. The summed E-state index contributed by atoms with van der Waals surface area (Å²) in [6, 6.07) is 7.48. The van der Waals surface area contributed by atoms with Gasteiger partial charge < -0.3 is 14.2 Å². The van der Waals surface area contributed by atoms with Gasteiger partial charge in [-0.15, -0.1) is 0 Å². The van der Waals surface area contributed by atoms with Crippen molar-refractivity contribution in [1.82, 2.24) is 0 Å². The number of rotatable bonds is 4. The zero-order valence-corrected chi connectivity index (χ0v) is 9.30. The van der Waals surface area contributed by atoms with Crippen molar-refractivity contribution in [2.45, 2.75) is 19.1 Å². The van der Waals surface area contributed by atoms with Crippen LogP contribution < -0.4 is 4.74 Å². The Morgan fingerprint density at radius 2 is 2.06 bits per heavy atom. The van der Waals surface area contributed by atoms with Gasteiger partial charge >= 0.3 is 5.97 Å². The van der Waals surface area contributed by atoms with Gasteiger partial charge in [0.25, 0.3) is 0 Å². The smallest absolute Gasteiger partial charge is 0.338 e. The monoisotopic (exact) mass is 222 g/mol. The SMILES string of the molecule is CCOC(=O)C1OC1c1ccc(OC)cc1. The van der Waals surface area contributed by atoms with Crippen molar-refractivity contribution >= 4 is 5.97 Å². The van der Waals surface area contributed by atoms with Gasteiger partial charge in [-0.1, -0.05) is 12.1 Å². The number of carbonyl (C=O) groups excluding carboxylic acids is 1. The predicted octanol–water partition coefficient (Wildman–Crippen LogP) is 1.70. The van der Waals surface area contributed by atoms with Crippen molar-refractivity contribution in [3.63, 3.8) is 0 Å². The lowest BCUT2D eigenvalue weighted by Gasteiger charge is -2.00. The summed E-state index contributed by atoms with van der Waals surface area (Å²) >= 11 is 0. The number of hydrogen-bond donors (Lipinski definition) is 0. The summed E-state index contributed by atoms with van der Waals surface area (Å²) in [7, 11) is 1.62. The first-order valence-electron chi connectivity index (χ1n) is 5.22. The normalized spacial score (nSPS) is 22.6. The zero-order chi connectivity index (χ0) is 11.5. The molecule has 2 atom stereocenters. The quantitative estimate of drug-likeness (QED) is 0.574. The molecule has 0 N–H and O–H groups in total. The molecule has 1 saturated heterocycles. The molecule has 1 fully saturated rings. The lowest BCUT2D eigenvalue weighted by atomic mass is 10.1. The molecule has 4 nitrogen and oxygen atoms in total. The minimum Gasteiger partial charge on any atom is -0.497 e. The molecule has 0 spiro atoms. The maximum atomic E-state index is 11.3. The van der Waals surface area contributed by atoms with Crippen LogP contribution in [0.1, 0.15) is 18.6 Å². The highest BCUT2D eigenvalue weighted by atomic mass is 16.6. The number of benzene rings is 1. The van der Waals surface area contributed by atoms with E-state index in [0.717, 1.165) is 11.3 Å². The summed E-state index contributed by atoms with van der Waals surface area (Å²) in [6.07, 6.45) is -0.599. The standard InChI is InChI=1S/C12H14O4/c1-3-15-12(13)11-10(16-11)8-4-6-9(14-2)7-5-8/h4-7,10-11H,3H2,1-2H3. The highest BCUT2D eigenvalue weighted by Crippen LogP contribution is 2.39. The first-order valence-corrected chi connectivity index (χ1v) is 5.22. The van der Waals surface area contributed by atoms with E-state index in [1.165, 1.54) is 0 Å². The van der Waals surface area contributed by atoms with Crippen LogP contribution in [0.3, 0.4) is 0 Å². The highest BCUT2D eigenvalue weighted by Gasteiger charge is 2.47. The van der Waals surface area contributed by atoms with Gasteiger partial charge in [-0.2, -0.15) is 0 Å². The van der Waals surface area contributed by atoms with Crippen LogP contribution >= 0.6 is 0 Å². The van der Waals surface area contributed by atoms with Crippen molar-refractivity contribution in [1.29, 1.82) is 0 Å². The van der Waals surface area contributed by atoms with E-state index >= 15 is 0 Å². The largest absolute Gasteiger partial charge is 0.497 e. The third kappa shape index (κ3) is 2.17. The number of hydrogen-bond acceptors (Lipinski definition) is 4. The minimum absolute atomic E-state index is 0.162. The van der Waals surface area contributed by atoms with Crippen LogP contribution in [0.15, 0.2) is 24.3 Å².